The van der Waals surface area contributed by atoms with Gasteiger partial charge in [-0.05, 0) is 86.3 Å². The van der Waals surface area contributed by atoms with Crippen LogP contribution >= 0.6 is 0 Å². The molecule has 4 amide bonds. The molecule has 1 fully saturated rings. The molecule has 3 aromatic rings. The SMILES string of the molecule is CNCc1ccccc1CN(CC(=O)Nc1ccc2c(c1)C[C@@]1(C2)C(=O)Nc2ncccc21)C(=O)C1(C)CCN(CC(N)=O)CC1. The van der Waals surface area contributed by atoms with Gasteiger partial charge in [0.25, 0.3) is 0 Å². The van der Waals surface area contributed by atoms with Gasteiger partial charge in [-0.25, -0.2) is 4.98 Å². The number of carbonyl (C=O) groups excluding carboxylic acids is 4. The monoisotopic (exact) mass is 623 g/mol. The van der Waals surface area contributed by atoms with Gasteiger partial charge in [-0.1, -0.05) is 43.3 Å². The molecule has 46 heavy (non-hydrogen) atoms. The van der Waals surface area contributed by atoms with Crippen LogP contribution in [0.15, 0.2) is 60.8 Å². The van der Waals surface area contributed by atoms with Crippen molar-refractivity contribution < 1.29 is 19.2 Å². The molecular formula is C35H41N7O4. The van der Waals surface area contributed by atoms with Crippen molar-refractivity contribution >= 4 is 35.1 Å². The van der Waals surface area contributed by atoms with Gasteiger partial charge in [0.1, 0.15) is 12.4 Å². The molecular weight excluding hydrogens is 582 g/mol. The Balaban J connectivity index is 1.19. The Bertz CT molecular complexity index is 1680. The molecule has 1 spiro atoms. The molecule has 11 heteroatoms. The normalized spacial score (nSPS) is 19.7. The zero-order chi connectivity index (χ0) is 32.5. The van der Waals surface area contributed by atoms with Crippen LogP contribution in [-0.2, 0) is 50.5 Å². The van der Waals surface area contributed by atoms with E-state index >= 15 is 0 Å². The Morgan fingerprint density at radius 2 is 1.76 bits per heavy atom. The third-order valence-electron chi connectivity index (χ3n) is 9.79. The van der Waals surface area contributed by atoms with Gasteiger partial charge in [0.05, 0.1) is 12.0 Å². The molecule has 2 aliphatic heterocycles. The Labute approximate surface area is 268 Å². The summed E-state index contributed by atoms with van der Waals surface area (Å²) in [6.45, 7) is 4.09. The number of nitrogens with two attached hydrogens (primary N) is 1. The van der Waals surface area contributed by atoms with E-state index in [4.69, 9.17) is 5.73 Å². The number of anilines is 2. The number of aromatic nitrogens is 1. The zero-order valence-electron chi connectivity index (χ0n) is 26.4. The van der Waals surface area contributed by atoms with E-state index in [1.807, 2.05) is 73.5 Å². The van der Waals surface area contributed by atoms with Crippen molar-refractivity contribution in [3.63, 3.8) is 0 Å². The molecule has 1 aliphatic carbocycles. The standard InChI is InChI=1S/C35H41N7O4/c1-34(11-14-41(15-12-34)21-29(36)43)33(46)42(20-25-7-4-3-6-24(25)19-37-2)22-30(44)39-27-10-9-23-17-35(18-26(23)16-27)28-8-5-13-38-31(28)40-32(35)45/h3-10,13,16,37H,11-12,14-15,17-22H2,1-2H3,(H2,36,43)(H,39,44)(H,38,40,45)/t35-/m1/s1. The lowest BCUT2D eigenvalue weighted by atomic mass is 9.78. The van der Waals surface area contributed by atoms with E-state index in [2.05, 4.69) is 20.9 Å². The van der Waals surface area contributed by atoms with Crippen molar-refractivity contribution in [3.8, 4) is 0 Å². The number of nitrogens with zero attached hydrogens (tertiary/aromatic N) is 3. The van der Waals surface area contributed by atoms with Crippen LogP contribution in [0.5, 0.6) is 0 Å². The summed E-state index contributed by atoms with van der Waals surface area (Å²) in [7, 11) is 1.88. The third kappa shape index (κ3) is 6.12. The molecule has 0 bridgehead atoms. The van der Waals surface area contributed by atoms with Crippen molar-refractivity contribution in [2.75, 3.05) is 43.9 Å². The highest BCUT2D eigenvalue weighted by molar-refractivity contribution is 6.06. The van der Waals surface area contributed by atoms with E-state index in [-0.39, 0.29) is 36.7 Å². The van der Waals surface area contributed by atoms with Gasteiger partial charge in [0.15, 0.2) is 0 Å². The highest BCUT2D eigenvalue weighted by Crippen LogP contribution is 2.47. The number of hydrogen-bond donors (Lipinski definition) is 4. The fraction of sp³-hybridized carbons (Fsp3) is 0.400. The number of nitrogens with one attached hydrogen (secondary N) is 3. The summed E-state index contributed by atoms with van der Waals surface area (Å²) in [5.74, 6) is -0.206. The highest BCUT2D eigenvalue weighted by atomic mass is 16.2. The molecule has 3 heterocycles. The van der Waals surface area contributed by atoms with E-state index < -0.39 is 10.8 Å². The molecule has 1 atom stereocenters. The molecule has 0 radical (unpaired) electrons. The van der Waals surface area contributed by atoms with E-state index in [1.165, 1.54) is 0 Å². The molecule has 11 nitrogen and oxygen atoms in total. The van der Waals surface area contributed by atoms with E-state index in [9.17, 15) is 19.2 Å². The maximum atomic E-state index is 14.2. The van der Waals surface area contributed by atoms with Crippen molar-refractivity contribution in [1.29, 1.82) is 0 Å². The first kappa shape index (κ1) is 31.4. The van der Waals surface area contributed by atoms with Gasteiger partial charge in [-0.3, -0.25) is 24.1 Å². The Morgan fingerprint density at radius 3 is 2.50 bits per heavy atom. The topological polar surface area (TPSA) is 150 Å². The first-order chi connectivity index (χ1) is 22.1. The molecule has 0 saturated carbocycles. The zero-order valence-corrected chi connectivity index (χ0v) is 26.4. The number of pyridine rings is 1. The van der Waals surface area contributed by atoms with Gasteiger partial charge in [-0.15, -0.1) is 0 Å². The molecule has 3 aliphatic rings. The van der Waals surface area contributed by atoms with Crippen LogP contribution in [0, 0.1) is 5.41 Å². The van der Waals surface area contributed by atoms with Gasteiger partial charge in [-0.2, -0.15) is 0 Å². The number of hydrogen-bond acceptors (Lipinski definition) is 7. The average Bonchev–Trinajstić information content (AvgIpc) is 3.55. The van der Waals surface area contributed by atoms with E-state index in [0.29, 0.717) is 63.4 Å². The summed E-state index contributed by atoms with van der Waals surface area (Å²) < 4.78 is 0. The summed E-state index contributed by atoms with van der Waals surface area (Å²) in [6, 6.07) is 17.5. The molecule has 5 N–H and O–H groups in total. The second kappa shape index (κ2) is 12.6. The predicted octanol–water partition coefficient (Wildman–Crippen LogP) is 2.34. The average molecular weight is 624 g/mol. The Morgan fingerprint density at radius 1 is 1.02 bits per heavy atom. The second-order valence-corrected chi connectivity index (χ2v) is 13.1. The molecule has 0 unspecified atom stereocenters. The summed E-state index contributed by atoms with van der Waals surface area (Å²) >= 11 is 0. The summed E-state index contributed by atoms with van der Waals surface area (Å²) in [5.41, 5.74) is 9.67. The van der Waals surface area contributed by atoms with Crippen LogP contribution in [0.4, 0.5) is 11.5 Å². The maximum Gasteiger partial charge on any atom is 0.244 e. The minimum absolute atomic E-state index is 0.0513. The van der Waals surface area contributed by atoms with Crippen molar-refractivity contribution in [3.05, 3.63) is 88.6 Å². The second-order valence-electron chi connectivity index (χ2n) is 13.1. The first-order valence-corrected chi connectivity index (χ1v) is 15.8. The van der Waals surface area contributed by atoms with E-state index in [0.717, 1.165) is 27.8 Å². The van der Waals surface area contributed by atoms with Crippen molar-refractivity contribution in [2.24, 2.45) is 11.1 Å². The number of primary amides is 1. The van der Waals surface area contributed by atoms with Crippen LogP contribution in [0.2, 0.25) is 0 Å². The minimum Gasteiger partial charge on any atom is -0.369 e. The number of fused-ring (bicyclic) bond motifs is 3. The van der Waals surface area contributed by atoms with Crippen molar-refractivity contribution in [2.45, 2.75) is 51.1 Å². The predicted molar refractivity (Wildman–Crippen MR) is 175 cm³/mol. The number of rotatable bonds is 10. The quantitative estimate of drug-likeness (QED) is 0.271. The highest BCUT2D eigenvalue weighted by Gasteiger charge is 2.51. The first-order valence-electron chi connectivity index (χ1n) is 15.8. The van der Waals surface area contributed by atoms with Crippen LogP contribution in [-0.4, -0.2) is 71.6 Å². The number of amides is 4. The maximum absolute atomic E-state index is 14.2. The number of likely N-dealkylation sites (tertiary alicyclic amines) is 1. The number of carbonyl (C=O) groups is 4. The van der Waals surface area contributed by atoms with Gasteiger partial charge in [0.2, 0.25) is 23.6 Å². The summed E-state index contributed by atoms with van der Waals surface area (Å²) in [6.07, 6.45) is 3.90. The van der Waals surface area contributed by atoms with Crippen LogP contribution < -0.4 is 21.7 Å². The van der Waals surface area contributed by atoms with Crippen molar-refractivity contribution in [1.82, 2.24) is 20.1 Å². The molecule has 1 aromatic heterocycles. The van der Waals surface area contributed by atoms with Crippen LogP contribution in [0.25, 0.3) is 0 Å². The number of piperidine rings is 1. The molecule has 2 aromatic carbocycles. The van der Waals surface area contributed by atoms with Gasteiger partial charge >= 0.3 is 0 Å². The lowest BCUT2D eigenvalue weighted by molar-refractivity contribution is -0.146. The smallest absolute Gasteiger partial charge is 0.244 e. The fourth-order valence-corrected chi connectivity index (χ4v) is 7.22. The van der Waals surface area contributed by atoms with Gasteiger partial charge < -0.3 is 26.6 Å². The molecule has 240 valence electrons. The summed E-state index contributed by atoms with van der Waals surface area (Å²) in [4.78, 5) is 60.4. The van der Waals surface area contributed by atoms with Crippen LogP contribution in [0.3, 0.4) is 0 Å². The minimum atomic E-state index is -0.693. The van der Waals surface area contributed by atoms with E-state index in [1.54, 1.807) is 11.1 Å². The molecule has 6 rings (SSSR count). The third-order valence-corrected chi connectivity index (χ3v) is 9.79. The largest absolute Gasteiger partial charge is 0.369 e. The number of benzene rings is 2. The molecule has 1 saturated heterocycles. The summed E-state index contributed by atoms with van der Waals surface area (Å²) in [5, 5.41) is 9.13. The Hall–Kier alpha value is -4.61. The van der Waals surface area contributed by atoms with Gasteiger partial charge in [0, 0.05) is 36.0 Å². The lowest BCUT2D eigenvalue weighted by Gasteiger charge is -2.40. The Kier molecular flexibility index (Phi) is 8.63. The lowest BCUT2D eigenvalue weighted by Crippen LogP contribution is -2.51. The van der Waals surface area contributed by atoms with Crippen LogP contribution in [0.1, 0.15) is 47.6 Å². The fourth-order valence-electron chi connectivity index (χ4n) is 7.22.